The maximum absolute atomic E-state index is 12.8. The molecule has 1 aromatic heterocycles. The van der Waals surface area contributed by atoms with Gasteiger partial charge in [0.05, 0.1) is 12.1 Å². The third-order valence-electron chi connectivity index (χ3n) is 4.22. The maximum Gasteiger partial charge on any atom is 0.227 e. The topological polar surface area (TPSA) is 50.2 Å². The number of hydrogen-bond acceptors (Lipinski definition) is 4. The van der Waals surface area contributed by atoms with Crippen LogP contribution in [0.15, 0.2) is 12.4 Å². The summed E-state index contributed by atoms with van der Waals surface area (Å²) in [5.41, 5.74) is 1.18. The van der Waals surface area contributed by atoms with E-state index in [0.29, 0.717) is 5.91 Å². The van der Waals surface area contributed by atoms with Crippen LogP contribution in [0, 0.1) is 5.92 Å². The summed E-state index contributed by atoms with van der Waals surface area (Å²) in [5.74, 6) is 2.92. The van der Waals surface area contributed by atoms with Gasteiger partial charge in [-0.1, -0.05) is 0 Å². The van der Waals surface area contributed by atoms with E-state index in [1.807, 2.05) is 35.9 Å². The van der Waals surface area contributed by atoms with Gasteiger partial charge in [-0.25, -0.2) is 0 Å². The Bertz CT molecular complexity index is 467. The third kappa shape index (κ3) is 2.86. The Hall–Kier alpha value is -1.01. The van der Waals surface area contributed by atoms with Gasteiger partial charge in [-0.15, -0.1) is 0 Å². The van der Waals surface area contributed by atoms with Crippen molar-refractivity contribution in [3.05, 3.63) is 18.0 Å². The molecule has 5 nitrogen and oxygen atoms in total. The highest BCUT2D eigenvalue weighted by molar-refractivity contribution is 7.99. The molecule has 1 N–H and O–H groups in total. The van der Waals surface area contributed by atoms with Gasteiger partial charge in [-0.05, 0) is 17.7 Å². The van der Waals surface area contributed by atoms with Gasteiger partial charge in [0.15, 0.2) is 0 Å². The van der Waals surface area contributed by atoms with Crippen LogP contribution in [0.3, 0.4) is 0 Å². The molecule has 0 aromatic carbocycles. The SMILES string of the molecule is Cn1cc([C@H]2CNC[C@@H]2C(=O)N2CCCSCC2)cn1. The smallest absolute Gasteiger partial charge is 0.227 e. The molecule has 1 aromatic rings. The minimum Gasteiger partial charge on any atom is -0.342 e. The predicted octanol–water partition coefficient (Wildman–Crippen LogP) is 0.689. The molecule has 2 saturated heterocycles. The summed E-state index contributed by atoms with van der Waals surface area (Å²) in [5, 5.41) is 7.62. The summed E-state index contributed by atoms with van der Waals surface area (Å²) in [6.07, 6.45) is 5.06. The molecule has 0 saturated carbocycles. The molecule has 2 atom stereocenters. The van der Waals surface area contributed by atoms with Crippen molar-refractivity contribution in [3.63, 3.8) is 0 Å². The molecule has 2 aliphatic rings. The van der Waals surface area contributed by atoms with Crippen LogP contribution < -0.4 is 5.32 Å². The average Bonchev–Trinajstić information content (AvgIpc) is 2.99. The number of rotatable bonds is 2. The Labute approximate surface area is 124 Å². The lowest BCUT2D eigenvalue weighted by Gasteiger charge is -2.26. The minimum absolute atomic E-state index is 0.0716. The van der Waals surface area contributed by atoms with Crippen LogP contribution >= 0.6 is 11.8 Å². The van der Waals surface area contributed by atoms with Crippen molar-refractivity contribution in [2.45, 2.75) is 12.3 Å². The maximum atomic E-state index is 12.8. The first-order chi connectivity index (χ1) is 9.75. The van der Waals surface area contributed by atoms with E-state index in [-0.39, 0.29) is 11.8 Å². The van der Waals surface area contributed by atoms with Crippen molar-refractivity contribution >= 4 is 17.7 Å². The van der Waals surface area contributed by atoms with E-state index in [1.165, 1.54) is 11.3 Å². The molecule has 6 heteroatoms. The fourth-order valence-electron chi connectivity index (χ4n) is 3.12. The number of aryl methyl sites for hydroxylation is 1. The zero-order chi connectivity index (χ0) is 13.9. The Morgan fingerprint density at radius 3 is 3.10 bits per heavy atom. The van der Waals surface area contributed by atoms with E-state index in [9.17, 15) is 4.79 Å². The van der Waals surface area contributed by atoms with Crippen molar-refractivity contribution in [1.82, 2.24) is 20.0 Å². The predicted molar refractivity (Wildman–Crippen MR) is 80.8 cm³/mol. The van der Waals surface area contributed by atoms with Gasteiger partial charge in [0.2, 0.25) is 5.91 Å². The molecule has 110 valence electrons. The standard InChI is InChI=1S/C14H22N4OS/c1-17-10-11(7-16-17)12-8-15-9-13(12)14(19)18-3-2-5-20-6-4-18/h7,10,12-13,15H,2-6,8-9H2,1H3/t12-,13+/m1/s1. The molecule has 1 amide bonds. The summed E-state index contributed by atoms with van der Waals surface area (Å²) >= 11 is 1.96. The molecule has 3 heterocycles. The van der Waals surface area contributed by atoms with Gasteiger partial charge >= 0.3 is 0 Å². The molecule has 0 radical (unpaired) electrons. The summed E-state index contributed by atoms with van der Waals surface area (Å²) in [6.45, 7) is 3.49. The van der Waals surface area contributed by atoms with E-state index >= 15 is 0 Å². The van der Waals surface area contributed by atoms with Crippen molar-refractivity contribution in [1.29, 1.82) is 0 Å². The van der Waals surface area contributed by atoms with Crippen molar-refractivity contribution in [2.75, 3.05) is 37.7 Å². The molecule has 0 spiro atoms. The highest BCUT2D eigenvalue weighted by Crippen LogP contribution is 2.29. The van der Waals surface area contributed by atoms with E-state index in [0.717, 1.165) is 38.4 Å². The summed E-state index contributed by atoms with van der Waals surface area (Å²) in [4.78, 5) is 14.9. The average molecular weight is 294 g/mol. The second-order valence-corrected chi connectivity index (χ2v) is 6.83. The fourth-order valence-corrected chi connectivity index (χ4v) is 4.01. The van der Waals surface area contributed by atoms with Crippen molar-refractivity contribution in [2.24, 2.45) is 13.0 Å². The van der Waals surface area contributed by atoms with Gasteiger partial charge in [-0.3, -0.25) is 9.48 Å². The largest absolute Gasteiger partial charge is 0.342 e. The first-order valence-corrected chi connectivity index (χ1v) is 8.47. The molecule has 2 aliphatic heterocycles. The highest BCUT2D eigenvalue weighted by Gasteiger charge is 2.37. The van der Waals surface area contributed by atoms with E-state index in [4.69, 9.17) is 0 Å². The number of aromatic nitrogens is 2. The van der Waals surface area contributed by atoms with Crippen LogP contribution in [0.1, 0.15) is 17.9 Å². The van der Waals surface area contributed by atoms with E-state index in [2.05, 4.69) is 15.3 Å². The van der Waals surface area contributed by atoms with Gasteiger partial charge in [0.1, 0.15) is 0 Å². The van der Waals surface area contributed by atoms with E-state index < -0.39 is 0 Å². The Kier molecular flexibility index (Phi) is 4.31. The minimum atomic E-state index is 0.0716. The van der Waals surface area contributed by atoms with Gasteiger partial charge < -0.3 is 10.2 Å². The van der Waals surface area contributed by atoms with Crippen LogP contribution in [-0.4, -0.2) is 58.3 Å². The first-order valence-electron chi connectivity index (χ1n) is 7.31. The van der Waals surface area contributed by atoms with Crippen molar-refractivity contribution in [3.8, 4) is 0 Å². The van der Waals surface area contributed by atoms with Gasteiger partial charge in [-0.2, -0.15) is 16.9 Å². The van der Waals surface area contributed by atoms with Crippen LogP contribution in [0.5, 0.6) is 0 Å². The van der Waals surface area contributed by atoms with Crippen LogP contribution in [0.4, 0.5) is 0 Å². The Morgan fingerprint density at radius 1 is 1.40 bits per heavy atom. The lowest BCUT2D eigenvalue weighted by atomic mass is 9.89. The first kappa shape index (κ1) is 13.9. The second kappa shape index (κ2) is 6.18. The second-order valence-electron chi connectivity index (χ2n) is 5.61. The monoisotopic (exact) mass is 294 g/mol. The molecule has 2 fully saturated rings. The molecule has 0 bridgehead atoms. The quantitative estimate of drug-likeness (QED) is 0.872. The summed E-state index contributed by atoms with van der Waals surface area (Å²) in [7, 11) is 1.93. The number of carbonyl (C=O) groups is 1. The lowest BCUT2D eigenvalue weighted by molar-refractivity contribution is -0.135. The highest BCUT2D eigenvalue weighted by atomic mass is 32.2. The number of thioether (sulfide) groups is 1. The molecular formula is C14H22N4OS. The Balaban J connectivity index is 1.72. The van der Waals surface area contributed by atoms with E-state index in [1.54, 1.807) is 0 Å². The number of amides is 1. The molecule has 0 unspecified atom stereocenters. The third-order valence-corrected chi connectivity index (χ3v) is 5.27. The number of carbonyl (C=O) groups excluding carboxylic acids is 1. The molecule has 3 rings (SSSR count). The fraction of sp³-hybridized carbons (Fsp3) is 0.714. The number of hydrogen-bond donors (Lipinski definition) is 1. The normalized spacial score (nSPS) is 27.6. The summed E-state index contributed by atoms with van der Waals surface area (Å²) < 4.78 is 1.82. The lowest BCUT2D eigenvalue weighted by Crippen LogP contribution is -2.40. The zero-order valence-electron chi connectivity index (χ0n) is 11.9. The van der Waals surface area contributed by atoms with Crippen LogP contribution in [0.2, 0.25) is 0 Å². The Morgan fingerprint density at radius 2 is 2.30 bits per heavy atom. The molecule has 0 aliphatic carbocycles. The van der Waals surface area contributed by atoms with Gasteiger partial charge in [0, 0.05) is 51.1 Å². The zero-order valence-corrected chi connectivity index (χ0v) is 12.7. The molecule has 20 heavy (non-hydrogen) atoms. The van der Waals surface area contributed by atoms with Gasteiger partial charge in [0.25, 0.3) is 0 Å². The van der Waals surface area contributed by atoms with Crippen LogP contribution in [-0.2, 0) is 11.8 Å². The summed E-state index contributed by atoms with van der Waals surface area (Å²) in [6, 6.07) is 0. The number of nitrogens with zero attached hydrogens (tertiary/aromatic N) is 3. The van der Waals surface area contributed by atoms with Crippen molar-refractivity contribution < 1.29 is 4.79 Å². The molecular weight excluding hydrogens is 272 g/mol. The number of nitrogens with one attached hydrogen (secondary N) is 1. The van der Waals surface area contributed by atoms with Crippen LogP contribution in [0.25, 0.3) is 0 Å².